The number of ether oxygens (including phenoxy) is 1. The van der Waals surface area contributed by atoms with Gasteiger partial charge in [0.2, 0.25) is 0 Å². The van der Waals surface area contributed by atoms with Gasteiger partial charge in [-0.05, 0) is 36.2 Å². The molecule has 0 fully saturated rings. The van der Waals surface area contributed by atoms with Crippen LogP contribution >= 0.6 is 0 Å². The van der Waals surface area contributed by atoms with Crippen LogP contribution in [0.3, 0.4) is 0 Å². The van der Waals surface area contributed by atoms with Crippen LogP contribution in [0.5, 0.6) is 5.75 Å². The molecular formula is C15H16O2. The number of fused-ring (bicyclic) bond motifs is 1. The topological polar surface area (TPSA) is 26.3 Å². The molecule has 2 rings (SSSR count). The molecule has 2 aromatic rings. The maximum Gasteiger partial charge on any atom is 0.129 e. The maximum absolute atomic E-state index is 10.8. The summed E-state index contributed by atoms with van der Waals surface area (Å²) in [7, 11) is 0. The molecule has 0 radical (unpaired) electrons. The highest BCUT2D eigenvalue weighted by Gasteiger charge is 1.98. The van der Waals surface area contributed by atoms with E-state index in [0.717, 1.165) is 12.2 Å². The van der Waals surface area contributed by atoms with Crippen molar-refractivity contribution in [1.82, 2.24) is 0 Å². The Balaban J connectivity index is 1.97. The molecule has 0 N–H and O–H groups in total. The van der Waals surface area contributed by atoms with Gasteiger partial charge in [-0.3, -0.25) is 0 Å². The van der Waals surface area contributed by atoms with Crippen molar-refractivity contribution >= 4 is 16.6 Å². The van der Waals surface area contributed by atoms with E-state index < -0.39 is 0 Å². The molecule has 0 aliphatic heterocycles. The van der Waals surface area contributed by atoms with E-state index in [0.29, 0.717) is 13.0 Å². The predicted octanol–water partition coefficient (Wildman–Crippen LogP) is 3.59. The van der Waals surface area contributed by atoms with Gasteiger partial charge in [-0.25, -0.2) is 0 Å². The van der Waals surface area contributed by atoms with Crippen LogP contribution in [0.1, 0.15) is 19.8 Å². The molecule has 0 heterocycles. The smallest absolute Gasteiger partial charge is 0.129 e. The minimum Gasteiger partial charge on any atom is -0.494 e. The Hall–Kier alpha value is -1.83. The largest absolute Gasteiger partial charge is 0.494 e. The number of ketones is 1. The SMILES string of the molecule is CC(=O)CCCOc1ccc2ccccc2c1. The van der Waals surface area contributed by atoms with E-state index in [1.54, 1.807) is 6.92 Å². The van der Waals surface area contributed by atoms with Gasteiger partial charge in [0.15, 0.2) is 0 Å². The van der Waals surface area contributed by atoms with Crippen LogP contribution in [0, 0.1) is 0 Å². The first-order chi connectivity index (χ1) is 8.25. The van der Waals surface area contributed by atoms with E-state index >= 15 is 0 Å². The number of rotatable bonds is 5. The van der Waals surface area contributed by atoms with E-state index in [1.165, 1.54) is 10.8 Å². The minimum atomic E-state index is 0.215. The highest BCUT2D eigenvalue weighted by molar-refractivity contribution is 5.83. The van der Waals surface area contributed by atoms with E-state index in [1.807, 2.05) is 24.3 Å². The number of benzene rings is 2. The molecule has 0 atom stereocenters. The molecule has 0 aliphatic carbocycles. The average Bonchev–Trinajstić information content (AvgIpc) is 2.34. The van der Waals surface area contributed by atoms with Gasteiger partial charge in [0.25, 0.3) is 0 Å². The number of Topliss-reactive ketones (excluding diaryl/α,β-unsaturated/α-hetero) is 1. The first-order valence-electron chi connectivity index (χ1n) is 5.87. The van der Waals surface area contributed by atoms with Gasteiger partial charge in [0, 0.05) is 6.42 Å². The highest BCUT2D eigenvalue weighted by Crippen LogP contribution is 2.20. The molecule has 2 heteroatoms. The molecule has 0 unspecified atom stereocenters. The summed E-state index contributed by atoms with van der Waals surface area (Å²) in [6.07, 6.45) is 1.37. The number of hydrogen-bond donors (Lipinski definition) is 0. The van der Waals surface area contributed by atoms with Crippen LogP contribution in [0.25, 0.3) is 10.8 Å². The summed E-state index contributed by atoms with van der Waals surface area (Å²) in [5.74, 6) is 1.08. The Morgan fingerprint density at radius 3 is 2.65 bits per heavy atom. The molecule has 0 aliphatic rings. The normalized spacial score (nSPS) is 10.4. The molecule has 88 valence electrons. The van der Waals surface area contributed by atoms with E-state index in [2.05, 4.69) is 18.2 Å². The Labute approximate surface area is 101 Å². The van der Waals surface area contributed by atoms with Gasteiger partial charge in [-0.15, -0.1) is 0 Å². The zero-order valence-electron chi connectivity index (χ0n) is 9.98. The second-order valence-electron chi connectivity index (χ2n) is 4.16. The zero-order chi connectivity index (χ0) is 12.1. The van der Waals surface area contributed by atoms with Crippen LogP contribution in [-0.2, 0) is 4.79 Å². The van der Waals surface area contributed by atoms with Crippen molar-refractivity contribution in [3.05, 3.63) is 42.5 Å². The molecule has 0 amide bonds. The molecule has 0 saturated carbocycles. The van der Waals surface area contributed by atoms with Crippen molar-refractivity contribution in [2.75, 3.05) is 6.61 Å². The third-order valence-electron chi connectivity index (χ3n) is 2.66. The fourth-order valence-electron chi connectivity index (χ4n) is 1.77. The lowest BCUT2D eigenvalue weighted by molar-refractivity contribution is -0.117. The lowest BCUT2D eigenvalue weighted by atomic mass is 10.1. The Morgan fingerprint density at radius 2 is 1.88 bits per heavy atom. The summed E-state index contributed by atoms with van der Waals surface area (Å²) in [5, 5.41) is 2.39. The van der Waals surface area contributed by atoms with Crippen LogP contribution in [0.15, 0.2) is 42.5 Å². The summed E-state index contributed by atoms with van der Waals surface area (Å²) >= 11 is 0. The summed E-state index contributed by atoms with van der Waals surface area (Å²) < 4.78 is 5.61. The monoisotopic (exact) mass is 228 g/mol. The fraction of sp³-hybridized carbons (Fsp3) is 0.267. The van der Waals surface area contributed by atoms with Crippen molar-refractivity contribution in [2.24, 2.45) is 0 Å². The fourth-order valence-corrected chi connectivity index (χ4v) is 1.77. The van der Waals surface area contributed by atoms with Gasteiger partial charge in [-0.2, -0.15) is 0 Å². The maximum atomic E-state index is 10.8. The first-order valence-corrected chi connectivity index (χ1v) is 5.87. The zero-order valence-corrected chi connectivity index (χ0v) is 9.98. The van der Waals surface area contributed by atoms with Crippen LogP contribution in [0.2, 0.25) is 0 Å². The molecule has 0 spiro atoms. The standard InChI is InChI=1S/C15H16O2/c1-12(16)5-4-10-17-15-9-8-13-6-2-3-7-14(13)11-15/h2-3,6-9,11H,4-5,10H2,1H3. The third-order valence-corrected chi connectivity index (χ3v) is 2.66. The summed E-state index contributed by atoms with van der Waals surface area (Å²) in [5.41, 5.74) is 0. The average molecular weight is 228 g/mol. The summed E-state index contributed by atoms with van der Waals surface area (Å²) in [6.45, 7) is 2.20. The summed E-state index contributed by atoms with van der Waals surface area (Å²) in [4.78, 5) is 10.8. The van der Waals surface area contributed by atoms with Crippen LogP contribution in [-0.4, -0.2) is 12.4 Å². The van der Waals surface area contributed by atoms with Gasteiger partial charge < -0.3 is 9.53 Å². The Kier molecular flexibility index (Phi) is 3.76. The van der Waals surface area contributed by atoms with Gasteiger partial charge >= 0.3 is 0 Å². The van der Waals surface area contributed by atoms with Gasteiger partial charge in [-0.1, -0.05) is 30.3 Å². The molecular weight excluding hydrogens is 212 g/mol. The van der Waals surface area contributed by atoms with Crippen molar-refractivity contribution < 1.29 is 9.53 Å². The second kappa shape index (κ2) is 5.48. The predicted molar refractivity (Wildman–Crippen MR) is 69.4 cm³/mol. The molecule has 2 aromatic carbocycles. The molecule has 0 aromatic heterocycles. The number of carbonyl (C=O) groups is 1. The lowest BCUT2D eigenvalue weighted by Gasteiger charge is -2.06. The molecule has 2 nitrogen and oxygen atoms in total. The number of carbonyl (C=O) groups excluding carboxylic acids is 1. The minimum absolute atomic E-state index is 0.215. The number of hydrogen-bond acceptors (Lipinski definition) is 2. The summed E-state index contributed by atoms with van der Waals surface area (Å²) in [6, 6.07) is 14.2. The van der Waals surface area contributed by atoms with Crippen LogP contribution in [0.4, 0.5) is 0 Å². The Bertz CT molecular complexity index is 517. The van der Waals surface area contributed by atoms with Crippen LogP contribution < -0.4 is 4.74 Å². The van der Waals surface area contributed by atoms with Crippen molar-refractivity contribution in [1.29, 1.82) is 0 Å². The second-order valence-corrected chi connectivity index (χ2v) is 4.16. The van der Waals surface area contributed by atoms with Crippen molar-refractivity contribution in [3.8, 4) is 5.75 Å². The van der Waals surface area contributed by atoms with Crippen molar-refractivity contribution in [2.45, 2.75) is 19.8 Å². The molecule has 0 saturated heterocycles. The molecule has 0 bridgehead atoms. The van der Waals surface area contributed by atoms with E-state index in [-0.39, 0.29) is 5.78 Å². The third kappa shape index (κ3) is 3.31. The Morgan fingerprint density at radius 1 is 1.12 bits per heavy atom. The van der Waals surface area contributed by atoms with Gasteiger partial charge in [0.05, 0.1) is 6.61 Å². The quantitative estimate of drug-likeness (QED) is 0.731. The van der Waals surface area contributed by atoms with E-state index in [9.17, 15) is 4.79 Å². The van der Waals surface area contributed by atoms with Gasteiger partial charge in [0.1, 0.15) is 11.5 Å². The molecule has 17 heavy (non-hydrogen) atoms. The highest BCUT2D eigenvalue weighted by atomic mass is 16.5. The lowest BCUT2D eigenvalue weighted by Crippen LogP contribution is -2.00. The van der Waals surface area contributed by atoms with E-state index in [4.69, 9.17) is 4.74 Å². The first kappa shape index (κ1) is 11.6. The van der Waals surface area contributed by atoms with Crippen molar-refractivity contribution in [3.63, 3.8) is 0 Å².